The maximum atomic E-state index is 5.43. The molecule has 6 heteroatoms. The highest BCUT2D eigenvalue weighted by molar-refractivity contribution is 6.60. The summed E-state index contributed by atoms with van der Waals surface area (Å²) in [6.07, 6.45) is 1.08. The van der Waals surface area contributed by atoms with Crippen LogP contribution in [0.2, 0.25) is 6.04 Å². The Balaban J connectivity index is 2.21. The molecule has 1 aliphatic rings. The molecule has 0 unspecified atom stereocenters. The largest absolute Gasteiger partial charge is 0.500 e. The van der Waals surface area contributed by atoms with Crippen LogP contribution in [0.25, 0.3) is 0 Å². The van der Waals surface area contributed by atoms with Gasteiger partial charge in [0.2, 0.25) is 0 Å². The Labute approximate surface area is 112 Å². The van der Waals surface area contributed by atoms with E-state index in [1.165, 1.54) is 32.7 Å². The van der Waals surface area contributed by atoms with Crippen LogP contribution in [-0.4, -0.2) is 79.2 Å². The van der Waals surface area contributed by atoms with E-state index in [-0.39, 0.29) is 0 Å². The Morgan fingerprint density at radius 2 is 1.39 bits per heavy atom. The molecule has 1 aliphatic heterocycles. The number of hydrogen-bond acceptors (Lipinski definition) is 5. The lowest BCUT2D eigenvalue weighted by Crippen LogP contribution is -2.47. The molecule has 0 N–H and O–H groups in total. The van der Waals surface area contributed by atoms with Crippen molar-refractivity contribution in [3.05, 3.63) is 0 Å². The van der Waals surface area contributed by atoms with Gasteiger partial charge in [-0.3, -0.25) is 0 Å². The molecular formula is C12H28N2O3Si. The first kappa shape index (κ1) is 16.1. The highest BCUT2D eigenvalue weighted by Crippen LogP contribution is 2.15. The number of rotatable bonds is 8. The predicted molar refractivity (Wildman–Crippen MR) is 74.8 cm³/mol. The Hall–Kier alpha value is 0.0169. The molecular weight excluding hydrogens is 248 g/mol. The average Bonchev–Trinajstić information content (AvgIpc) is 2.45. The summed E-state index contributed by atoms with van der Waals surface area (Å²) in [4.78, 5) is 5.02. The van der Waals surface area contributed by atoms with Gasteiger partial charge >= 0.3 is 8.80 Å². The lowest BCUT2D eigenvalue weighted by Gasteiger charge is -2.34. The van der Waals surface area contributed by atoms with Gasteiger partial charge in [-0.1, -0.05) is 6.92 Å². The van der Waals surface area contributed by atoms with Crippen molar-refractivity contribution in [1.29, 1.82) is 0 Å². The fourth-order valence-corrected chi connectivity index (χ4v) is 4.11. The molecule has 5 nitrogen and oxygen atoms in total. The third-order valence-electron chi connectivity index (χ3n) is 3.80. The van der Waals surface area contributed by atoms with Crippen LogP contribution in [0.4, 0.5) is 0 Å². The number of likely N-dealkylation sites (N-methyl/N-ethyl adjacent to an activating group) is 1. The molecule has 1 rings (SSSR count). The molecule has 18 heavy (non-hydrogen) atoms. The van der Waals surface area contributed by atoms with E-state index in [0.717, 1.165) is 19.0 Å². The topological polar surface area (TPSA) is 34.2 Å². The summed E-state index contributed by atoms with van der Waals surface area (Å²) >= 11 is 0. The monoisotopic (exact) mass is 276 g/mol. The van der Waals surface area contributed by atoms with Crippen molar-refractivity contribution >= 4 is 8.80 Å². The molecule has 0 aromatic heterocycles. The second kappa shape index (κ2) is 8.24. The Morgan fingerprint density at radius 3 is 1.83 bits per heavy atom. The SMILES string of the molecule is CCN1CCN(CCC[Si](OC)(OC)OC)CC1. The molecule has 0 bridgehead atoms. The zero-order valence-corrected chi connectivity index (χ0v) is 13.3. The summed E-state index contributed by atoms with van der Waals surface area (Å²) in [6, 6.07) is 0.893. The maximum absolute atomic E-state index is 5.43. The van der Waals surface area contributed by atoms with Crippen molar-refractivity contribution in [3.63, 3.8) is 0 Å². The van der Waals surface area contributed by atoms with Crippen molar-refractivity contribution in [2.75, 3.05) is 60.6 Å². The van der Waals surface area contributed by atoms with Crippen molar-refractivity contribution < 1.29 is 13.3 Å². The molecule has 0 radical (unpaired) electrons. The fraction of sp³-hybridized carbons (Fsp3) is 1.00. The third kappa shape index (κ3) is 4.60. The lowest BCUT2D eigenvalue weighted by atomic mass is 10.3. The first-order valence-corrected chi connectivity index (χ1v) is 8.73. The van der Waals surface area contributed by atoms with Gasteiger partial charge in [0.25, 0.3) is 0 Å². The van der Waals surface area contributed by atoms with E-state index in [4.69, 9.17) is 13.3 Å². The van der Waals surface area contributed by atoms with E-state index in [2.05, 4.69) is 16.7 Å². The van der Waals surface area contributed by atoms with Crippen molar-refractivity contribution in [2.45, 2.75) is 19.4 Å². The molecule has 0 aliphatic carbocycles. The van der Waals surface area contributed by atoms with Crippen LogP contribution in [0.1, 0.15) is 13.3 Å². The Kier molecular flexibility index (Phi) is 7.36. The van der Waals surface area contributed by atoms with Gasteiger partial charge < -0.3 is 23.1 Å². The quantitative estimate of drug-likeness (QED) is 0.615. The average molecular weight is 276 g/mol. The summed E-state index contributed by atoms with van der Waals surface area (Å²) in [5, 5.41) is 0. The van der Waals surface area contributed by atoms with Crippen LogP contribution in [-0.2, 0) is 13.3 Å². The van der Waals surface area contributed by atoms with Crippen LogP contribution < -0.4 is 0 Å². The number of hydrogen-bond donors (Lipinski definition) is 0. The third-order valence-corrected chi connectivity index (χ3v) is 6.63. The van der Waals surface area contributed by atoms with Gasteiger partial charge in [0.05, 0.1) is 0 Å². The minimum atomic E-state index is -2.36. The van der Waals surface area contributed by atoms with Gasteiger partial charge in [-0.25, -0.2) is 0 Å². The summed E-state index contributed by atoms with van der Waals surface area (Å²) < 4.78 is 16.3. The standard InChI is InChI=1S/C12H28N2O3Si/c1-5-13-8-10-14(11-9-13)7-6-12-18(15-2,16-3)17-4/h5-12H2,1-4H3. The fourth-order valence-electron chi connectivity index (χ4n) is 2.40. The molecule has 1 heterocycles. The molecule has 108 valence electrons. The van der Waals surface area contributed by atoms with Crippen LogP contribution in [0, 0.1) is 0 Å². The summed E-state index contributed by atoms with van der Waals surface area (Å²) in [6.45, 7) is 9.25. The van der Waals surface area contributed by atoms with E-state index in [0.29, 0.717) is 0 Å². The van der Waals surface area contributed by atoms with E-state index in [9.17, 15) is 0 Å². The lowest BCUT2D eigenvalue weighted by molar-refractivity contribution is 0.115. The zero-order chi connectivity index (χ0) is 13.4. The molecule has 0 amide bonds. The van der Waals surface area contributed by atoms with Gasteiger partial charge in [0.1, 0.15) is 0 Å². The number of piperazine rings is 1. The molecule has 0 atom stereocenters. The minimum Gasteiger partial charge on any atom is -0.377 e. The van der Waals surface area contributed by atoms with Crippen LogP contribution in [0.3, 0.4) is 0 Å². The van der Waals surface area contributed by atoms with Gasteiger partial charge in [-0.15, -0.1) is 0 Å². The van der Waals surface area contributed by atoms with E-state index in [1.54, 1.807) is 21.3 Å². The van der Waals surface area contributed by atoms with Gasteiger partial charge in [-0.2, -0.15) is 0 Å². The zero-order valence-electron chi connectivity index (χ0n) is 12.3. The van der Waals surface area contributed by atoms with Crippen molar-refractivity contribution in [2.24, 2.45) is 0 Å². The Bertz CT molecular complexity index is 211. The summed E-state index contributed by atoms with van der Waals surface area (Å²) in [5.41, 5.74) is 0. The van der Waals surface area contributed by atoms with Crippen LogP contribution >= 0.6 is 0 Å². The second-order valence-corrected chi connectivity index (χ2v) is 7.77. The molecule has 0 saturated carbocycles. The predicted octanol–water partition coefficient (Wildman–Crippen LogP) is 0.892. The number of nitrogens with zero attached hydrogens (tertiary/aromatic N) is 2. The van der Waals surface area contributed by atoms with Gasteiger partial charge in [0.15, 0.2) is 0 Å². The molecule has 0 spiro atoms. The minimum absolute atomic E-state index is 0.893. The molecule has 1 fully saturated rings. The smallest absolute Gasteiger partial charge is 0.377 e. The molecule has 1 saturated heterocycles. The van der Waals surface area contributed by atoms with E-state index < -0.39 is 8.80 Å². The van der Waals surface area contributed by atoms with Crippen molar-refractivity contribution in [1.82, 2.24) is 9.80 Å². The summed E-state index contributed by atoms with van der Waals surface area (Å²) in [5.74, 6) is 0. The maximum Gasteiger partial charge on any atom is 0.500 e. The van der Waals surface area contributed by atoms with Crippen LogP contribution in [0.15, 0.2) is 0 Å². The summed E-state index contributed by atoms with van der Waals surface area (Å²) in [7, 11) is 2.68. The van der Waals surface area contributed by atoms with Gasteiger partial charge in [0, 0.05) is 53.6 Å². The van der Waals surface area contributed by atoms with E-state index >= 15 is 0 Å². The molecule has 0 aromatic rings. The van der Waals surface area contributed by atoms with E-state index in [1.807, 2.05) is 0 Å². The second-order valence-electron chi connectivity index (χ2n) is 4.67. The highest BCUT2D eigenvalue weighted by Gasteiger charge is 2.37. The van der Waals surface area contributed by atoms with Gasteiger partial charge in [-0.05, 0) is 19.5 Å². The highest BCUT2D eigenvalue weighted by atomic mass is 28.4. The van der Waals surface area contributed by atoms with Crippen molar-refractivity contribution in [3.8, 4) is 0 Å². The van der Waals surface area contributed by atoms with Crippen LogP contribution in [0.5, 0.6) is 0 Å². The first-order valence-electron chi connectivity index (χ1n) is 6.80. The Morgan fingerprint density at radius 1 is 0.889 bits per heavy atom. The normalized spacial score (nSPS) is 19.3. The molecule has 0 aromatic carbocycles. The first-order chi connectivity index (χ1) is 8.69.